The Morgan fingerprint density at radius 3 is 2.58 bits per heavy atom. The molecule has 0 amide bonds. The van der Waals surface area contributed by atoms with Crippen molar-refractivity contribution in [3.8, 4) is 10.4 Å². The summed E-state index contributed by atoms with van der Waals surface area (Å²) in [6, 6.07) is 0. The molecule has 2 aromatic rings. The summed E-state index contributed by atoms with van der Waals surface area (Å²) in [5.74, 6) is 1.39. The zero-order valence-corrected chi connectivity index (χ0v) is 11.8. The molecule has 3 rings (SSSR count). The molecule has 0 aliphatic heterocycles. The van der Waals surface area contributed by atoms with Crippen molar-refractivity contribution in [2.75, 3.05) is 0 Å². The number of carbonyl (C=O) groups excluding carboxylic acids is 1. The molecule has 2 heterocycles. The third-order valence-electron chi connectivity index (χ3n) is 3.19. The summed E-state index contributed by atoms with van der Waals surface area (Å²) in [5.41, 5.74) is 1.46. The second-order valence-corrected chi connectivity index (χ2v) is 5.83. The molecule has 1 aliphatic rings. The minimum atomic E-state index is 0.0118. The van der Waals surface area contributed by atoms with Gasteiger partial charge in [0, 0.05) is 37.2 Å². The molecule has 0 unspecified atom stereocenters. The van der Waals surface area contributed by atoms with Crippen LogP contribution in [0.1, 0.15) is 53.9 Å². The first-order valence-electron chi connectivity index (χ1n) is 6.52. The molecule has 19 heavy (non-hydrogen) atoms. The quantitative estimate of drug-likeness (QED) is 0.802. The van der Waals surface area contributed by atoms with Crippen molar-refractivity contribution in [3.05, 3.63) is 28.9 Å². The molecule has 0 N–H and O–H groups in total. The van der Waals surface area contributed by atoms with E-state index in [0.717, 1.165) is 27.7 Å². The van der Waals surface area contributed by atoms with Gasteiger partial charge >= 0.3 is 0 Å². The second kappa shape index (κ2) is 4.81. The van der Waals surface area contributed by atoms with Crippen LogP contribution in [0.5, 0.6) is 0 Å². The summed E-state index contributed by atoms with van der Waals surface area (Å²) in [5, 5.41) is 1.08. The van der Waals surface area contributed by atoms with Gasteiger partial charge in [0.1, 0.15) is 11.5 Å². The van der Waals surface area contributed by atoms with Crippen LogP contribution in [0.4, 0.5) is 0 Å². The Kier molecular flexibility index (Phi) is 3.14. The molecule has 5 heteroatoms. The van der Waals surface area contributed by atoms with Crippen molar-refractivity contribution < 1.29 is 4.79 Å². The van der Waals surface area contributed by atoms with Gasteiger partial charge in [0.2, 0.25) is 0 Å². The molecule has 0 aromatic carbocycles. The van der Waals surface area contributed by atoms with Gasteiger partial charge in [-0.1, -0.05) is 6.92 Å². The number of thiazole rings is 1. The fraction of sp³-hybridized carbons (Fsp3) is 0.429. The van der Waals surface area contributed by atoms with E-state index in [-0.39, 0.29) is 5.78 Å². The maximum absolute atomic E-state index is 11.7. The molecular weight excluding hydrogens is 258 g/mol. The highest BCUT2D eigenvalue weighted by Gasteiger charge is 2.29. The molecule has 0 saturated heterocycles. The van der Waals surface area contributed by atoms with Gasteiger partial charge in [-0.05, 0) is 12.8 Å². The summed E-state index contributed by atoms with van der Waals surface area (Å²) in [7, 11) is 0. The van der Waals surface area contributed by atoms with E-state index < -0.39 is 0 Å². The van der Waals surface area contributed by atoms with Crippen molar-refractivity contribution in [1.29, 1.82) is 0 Å². The van der Waals surface area contributed by atoms with Crippen molar-refractivity contribution in [3.63, 3.8) is 0 Å². The summed E-state index contributed by atoms with van der Waals surface area (Å²) >= 11 is 1.61. The number of ketones is 1. The fourth-order valence-electron chi connectivity index (χ4n) is 1.93. The van der Waals surface area contributed by atoms with E-state index in [9.17, 15) is 4.79 Å². The molecular formula is C14H15N3OS. The molecule has 0 bridgehead atoms. The predicted molar refractivity (Wildman–Crippen MR) is 74.5 cm³/mol. The van der Waals surface area contributed by atoms with Gasteiger partial charge in [0.05, 0.1) is 9.88 Å². The average Bonchev–Trinajstić information content (AvgIpc) is 3.17. The van der Waals surface area contributed by atoms with E-state index >= 15 is 0 Å². The van der Waals surface area contributed by atoms with Crippen LogP contribution in [-0.4, -0.2) is 20.7 Å². The van der Waals surface area contributed by atoms with Crippen molar-refractivity contribution >= 4 is 17.1 Å². The lowest BCUT2D eigenvalue weighted by Crippen LogP contribution is -1.97. The maximum Gasteiger partial charge on any atom is 0.179 e. The van der Waals surface area contributed by atoms with Crippen LogP contribution < -0.4 is 0 Å². The first kappa shape index (κ1) is 12.4. The molecule has 2 aromatic heterocycles. The van der Waals surface area contributed by atoms with Gasteiger partial charge < -0.3 is 0 Å². The van der Waals surface area contributed by atoms with E-state index in [4.69, 9.17) is 0 Å². The van der Waals surface area contributed by atoms with Gasteiger partial charge in [-0.3, -0.25) is 4.79 Å². The van der Waals surface area contributed by atoms with Crippen LogP contribution in [0, 0.1) is 0 Å². The Morgan fingerprint density at radius 1 is 1.37 bits per heavy atom. The van der Waals surface area contributed by atoms with Gasteiger partial charge in [-0.25, -0.2) is 15.0 Å². The molecule has 4 nitrogen and oxygen atoms in total. The van der Waals surface area contributed by atoms with Crippen LogP contribution in [0.3, 0.4) is 0 Å². The number of hydrogen-bond acceptors (Lipinski definition) is 5. The molecule has 0 radical (unpaired) electrons. The van der Waals surface area contributed by atoms with Crippen LogP contribution in [-0.2, 0) is 6.42 Å². The summed E-state index contributed by atoms with van der Waals surface area (Å²) in [6.45, 7) is 3.59. The van der Waals surface area contributed by atoms with Crippen LogP contribution in [0.15, 0.2) is 12.4 Å². The van der Waals surface area contributed by atoms with Gasteiger partial charge in [-0.15, -0.1) is 11.3 Å². The molecule has 1 saturated carbocycles. The zero-order chi connectivity index (χ0) is 13.4. The van der Waals surface area contributed by atoms with Crippen molar-refractivity contribution in [2.24, 2.45) is 0 Å². The highest BCUT2D eigenvalue weighted by Crippen LogP contribution is 2.44. The van der Waals surface area contributed by atoms with Crippen molar-refractivity contribution in [1.82, 2.24) is 15.0 Å². The largest absolute Gasteiger partial charge is 0.293 e. The minimum absolute atomic E-state index is 0.0118. The van der Waals surface area contributed by atoms with Gasteiger partial charge in [0.25, 0.3) is 0 Å². The predicted octanol–water partition coefficient (Wildman–Crippen LogP) is 3.24. The Morgan fingerprint density at radius 2 is 2.05 bits per heavy atom. The van der Waals surface area contributed by atoms with E-state index in [1.807, 2.05) is 6.92 Å². The highest BCUT2D eigenvalue weighted by atomic mass is 32.1. The Hall–Kier alpha value is -1.62. The van der Waals surface area contributed by atoms with E-state index in [1.54, 1.807) is 30.7 Å². The minimum Gasteiger partial charge on any atom is -0.293 e. The number of carbonyl (C=O) groups is 1. The number of hydrogen-bond donors (Lipinski definition) is 0. The standard InChI is InChI=1S/C14H15N3OS/c1-3-11-15-6-10(7-16-11)13-12(8(2)18)17-14(19-13)9-4-5-9/h6-7,9H,3-5H2,1-2H3. The average molecular weight is 273 g/mol. The molecule has 0 atom stereocenters. The molecule has 98 valence electrons. The number of nitrogens with zero attached hydrogens (tertiary/aromatic N) is 3. The summed E-state index contributed by atoms with van der Waals surface area (Å²) in [6.07, 6.45) is 6.78. The van der Waals surface area contributed by atoms with Crippen LogP contribution >= 0.6 is 11.3 Å². The van der Waals surface area contributed by atoms with E-state index in [0.29, 0.717) is 11.6 Å². The van der Waals surface area contributed by atoms with Crippen LogP contribution in [0.25, 0.3) is 10.4 Å². The smallest absolute Gasteiger partial charge is 0.179 e. The number of Topliss-reactive ketones (excluding diaryl/α,β-unsaturated/α-hetero) is 1. The Balaban J connectivity index is 2.03. The SMILES string of the molecule is CCc1ncc(-c2sc(C3CC3)nc2C(C)=O)cn1. The summed E-state index contributed by atoms with van der Waals surface area (Å²) < 4.78 is 0. The van der Waals surface area contributed by atoms with Crippen LogP contribution in [0.2, 0.25) is 0 Å². The first-order valence-corrected chi connectivity index (χ1v) is 7.33. The lowest BCUT2D eigenvalue weighted by atomic mass is 10.2. The number of aromatic nitrogens is 3. The number of aryl methyl sites for hydroxylation is 1. The Labute approximate surface area is 115 Å². The zero-order valence-electron chi connectivity index (χ0n) is 11.0. The van der Waals surface area contributed by atoms with E-state index in [1.165, 1.54) is 12.8 Å². The maximum atomic E-state index is 11.7. The monoisotopic (exact) mass is 273 g/mol. The lowest BCUT2D eigenvalue weighted by Gasteiger charge is -2.00. The van der Waals surface area contributed by atoms with Gasteiger partial charge in [0.15, 0.2) is 5.78 Å². The van der Waals surface area contributed by atoms with E-state index in [2.05, 4.69) is 15.0 Å². The topological polar surface area (TPSA) is 55.7 Å². The normalized spacial score (nSPS) is 14.6. The molecule has 1 aliphatic carbocycles. The third kappa shape index (κ3) is 2.42. The lowest BCUT2D eigenvalue weighted by molar-refractivity contribution is 0.101. The Bertz CT molecular complexity index is 614. The highest BCUT2D eigenvalue weighted by molar-refractivity contribution is 7.15. The molecule has 1 fully saturated rings. The fourth-order valence-corrected chi connectivity index (χ4v) is 3.19. The third-order valence-corrected chi connectivity index (χ3v) is 4.45. The summed E-state index contributed by atoms with van der Waals surface area (Å²) in [4.78, 5) is 25.7. The first-order chi connectivity index (χ1) is 9.19. The van der Waals surface area contributed by atoms with Crippen molar-refractivity contribution in [2.45, 2.75) is 39.0 Å². The second-order valence-electron chi connectivity index (χ2n) is 4.80. The molecule has 0 spiro atoms. The number of rotatable bonds is 4. The van der Waals surface area contributed by atoms with Gasteiger partial charge in [-0.2, -0.15) is 0 Å².